The van der Waals surface area contributed by atoms with Gasteiger partial charge in [0, 0.05) is 32.4 Å². The molecule has 1 aliphatic rings. The number of aromatic nitrogens is 2. The lowest BCUT2D eigenvalue weighted by molar-refractivity contribution is 0.282. The molecule has 0 amide bonds. The second-order valence-electron chi connectivity index (χ2n) is 3.40. The SMILES string of the molecule is [CH2]CN1CCN(c2ccncn2)CC1. The van der Waals surface area contributed by atoms with E-state index in [2.05, 4.69) is 26.7 Å². The molecule has 0 aromatic carbocycles. The van der Waals surface area contributed by atoms with Crippen molar-refractivity contribution in [2.75, 3.05) is 37.6 Å². The molecule has 1 aromatic rings. The van der Waals surface area contributed by atoms with Crippen LogP contribution in [-0.4, -0.2) is 47.6 Å². The first kappa shape index (κ1) is 9.40. The van der Waals surface area contributed by atoms with Gasteiger partial charge in [-0.15, -0.1) is 0 Å². The molecule has 4 nitrogen and oxygen atoms in total. The van der Waals surface area contributed by atoms with Gasteiger partial charge in [-0.05, 0) is 19.5 Å². The maximum absolute atomic E-state index is 4.23. The van der Waals surface area contributed by atoms with Crippen LogP contribution in [0.5, 0.6) is 0 Å². The van der Waals surface area contributed by atoms with Crippen LogP contribution >= 0.6 is 0 Å². The van der Waals surface area contributed by atoms with Crippen LogP contribution in [-0.2, 0) is 0 Å². The van der Waals surface area contributed by atoms with Crippen molar-refractivity contribution in [3.8, 4) is 0 Å². The van der Waals surface area contributed by atoms with Gasteiger partial charge in [0.25, 0.3) is 0 Å². The van der Waals surface area contributed by atoms with Crippen LogP contribution in [0.25, 0.3) is 0 Å². The predicted molar refractivity (Wildman–Crippen MR) is 56.0 cm³/mol. The van der Waals surface area contributed by atoms with E-state index in [4.69, 9.17) is 0 Å². The van der Waals surface area contributed by atoms with Gasteiger partial charge >= 0.3 is 0 Å². The summed E-state index contributed by atoms with van der Waals surface area (Å²) in [5, 5.41) is 0. The lowest BCUT2D eigenvalue weighted by Crippen LogP contribution is -2.46. The van der Waals surface area contributed by atoms with Gasteiger partial charge in [0.1, 0.15) is 12.1 Å². The minimum atomic E-state index is 0.900. The number of nitrogens with zero attached hydrogens (tertiary/aromatic N) is 4. The highest BCUT2D eigenvalue weighted by Crippen LogP contribution is 2.11. The molecule has 0 aliphatic carbocycles. The summed E-state index contributed by atoms with van der Waals surface area (Å²) in [5.74, 6) is 1.03. The van der Waals surface area contributed by atoms with Crippen molar-refractivity contribution in [2.45, 2.75) is 0 Å². The van der Waals surface area contributed by atoms with Gasteiger partial charge in [-0.1, -0.05) is 0 Å². The first-order chi connectivity index (χ1) is 6.90. The molecule has 0 atom stereocenters. The summed E-state index contributed by atoms with van der Waals surface area (Å²) in [4.78, 5) is 12.8. The van der Waals surface area contributed by atoms with E-state index in [1.807, 2.05) is 6.07 Å². The lowest BCUT2D eigenvalue weighted by Gasteiger charge is -2.34. The molecule has 0 spiro atoms. The Kier molecular flexibility index (Phi) is 2.93. The number of piperazine rings is 1. The molecule has 0 N–H and O–H groups in total. The Morgan fingerprint density at radius 3 is 2.64 bits per heavy atom. The van der Waals surface area contributed by atoms with Crippen molar-refractivity contribution < 1.29 is 0 Å². The van der Waals surface area contributed by atoms with E-state index in [1.54, 1.807) is 12.5 Å². The van der Waals surface area contributed by atoms with E-state index < -0.39 is 0 Å². The van der Waals surface area contributed by atoms with Crippen LogP contribution in [0.1, 0.15) is 0 Å². The molecule has 0 bridgehead atoms. The Morgan fingerprint density at radius 1 is 1.29 bits per heavy atom. The van der Waals surface area contributed by atoms with Gasteiger partial charge < -0.3 is 4.90 Å². The second kappa shape index (κ2) is 4.37. The highest BCUT2D eigenvalue weighted by Gasteiger charge is 2.15. The van der Waals surface area contributed by atoms with Crippen LogP contribution in [0.15, 0.2) is 18.6 Å². The van der Waals surface area contributed by atoms with Gasteiger partial charge in [0.2, 0.25) is 0 Å². The van der Waals surface area contributed by atoms with Crippen molar-refractivity contribution in [3.63, 3.8) is 0 Å². The average molecular weight is 191 g/mol. The summed E-state index contributed by atoms with van der Waals surface area (Å²) in [6.07, 6.45) is 3.39. The molecule has 2 rings (SSSR count). The molecule has 2 heterocycles. The molecule has 0 unspecified atom stereocenters. The van der Waals surface area contributed by atoms with Crippen LogP contribution in [0.3, 0.4) is 0 Å². The van der Waals surface area contributed by atoms with Gasteiger partial charge in [0.05, 0.1) is 0 Å². The molecule has 1 radical (unpaired) electrons. The fourth-order valence-electron chi connectivity index (χ4n) is 1.67. The Hall–Kier alpha value is -1.16. The van der Waals surface area contributed by atoms with Gasteiger partial charge in [-0.25, -0.2) is 9.97 Å². The zero-order valence-corrected chi connectivity index (χ0v) is 8.26. The van der Waals surface area contributed by atoms with Crippen molar-refractivity contribution in [1.82, 2.24) is 14.9 Å². The van der Waals surface area contributed by atoms with E-state index in [0.29, 0.717) is 0 Å². The van der Waals surface area contributed by atoms with Crippen LogP contribution in [0.4, 0.5) is 5.82 Å². The van der Waals surface area contributed by atoms with E-state index in [0.717, 1.165) is 38.5 Å². The zero-order chi connectivity index (χ0) is 9.80. The zero-order valence-electron chi connectivity index (χ0n) is 8.26. The smallest absolute Gasteiger partial charge is 0.131 e. The Balaban J connectivity index is 1.96. The first-order valence-electron chi connectivity index (χ1n) is 4.92. The third-order valence-electron chi connectivity index (χ3n) is 2.58. The van der Waals surface area contributed by atoms with E-state index in [1.165, 1.54) is 0 Å². The molecule has 1 aromatic heterocycles. The third kappa shape index (κ3) is 2.01. The molecular formula is C10H15N4. The van der Waals surface area contributed by atoms with Gasteiger partial charge in [0.15, 0.2) is 0 Å². The van der Waals surface area contributed by atoms with Crippen LogP contribution in [0.2, 0.25) is 0 Å². The third-order valence-corrected chi connectivity index (χ3v) is 2.58. The Bertz CT molecular complexity index is 267. The summed E-state index contributed by atoms with van der Waals surface area (Å²) in [6, 6.07) is 1.96. The fourth-order valence-corrected chi connectivity index (χ4v) is 1.67. The minimum Gasteiger partial charge on any atom is -0.354 e. The summed E-state index contributed by atoms with van der Waals surface area (Å²) in [5.41, 5.74) is 0. The van der Waals surface area contributed by atoms with E-state index in [9.17, 15) is 0 Å². The van der Waals surface area contributed by atoms with Crippen LogP contribution < -0.4 is 4.90 Å². The van der Waals surface area contributed by atoms with Crippen molar-refractivity contribution in [3.05, 3.63) is 25.5 Å². The molecule has 14 heavy (non-hydrogen) atoms. The summed E-state index contributed by atoms with van der Waals surface area (Å²) < 4.78 is 0. The summed E-state index contributed by atoms with van der Waals surface area (Å²) in [6.45, 7) is 9.01. The number of hydrogen-bond donors (Lipinski definition) is 0. The fraction of sp³-hybridized carbons (Fsp3) is 0.500. The monoisotopic (exact) mass is 191 g/mol. The first-order valence-corrected chi connectivity index (χ1v) is 4.92. The van der Waals surface area contributed by atoms with Crippen molar-refractivity contribution in [2.24, 2.45) is 0 Å². The van der Waals surface area contributed by atoms with Crippen LogP contribution in [0, 0.1) is 6.92 Å². The highest BCUT2D eigenvalue weighted by atomic mass is 15.3. The summed E-state index contributed by atoms with van der Waals surface area (Å²) in [7, 11) is 0. The molecule has 0 saturated carbocycles. The number of rotatable bonds is 2. The maximum Gasteiger partial charge on any atom is 0.131 e. The van der Waals surface area contributed by atoms with Gasteiger partial charge in [-0.2, -0.15) is 0 Å². The normalized spacial score (nSPS) is 18.5. The van der Waals surface area contributed by atoms with E-state index in [-0.39, 0.29) is 0 Å². The molecule has 1 saturated heterocycles. The standard InChI is InChI=1S/C10H15N4/c1-2-13-5-7-14(8-6-13)10-3-4-11-9-12-10/h3-4,9H,1-2,5-8H2. The molecule has 75 valence electrons. The predicted octanol–water partition coefficient (Wildman–Crippen LogP) is 0.433. The topological polar surface area (TPSA) is 32.3 Å². The number of anilines is 1. The molecular weight excluding hydrogens is 176 g/mol. The highest BCUT2D eigenvalue weighted by molar-refractivity contribution is 5.36. The Morgan fingerprint density at radius 2 is 2.07 bits per heavy atom. The molecule has 1 fully saturated rings. The average Bonchev–Trinajstić information content (AvgIpc) is 2.30. The van der Waals surface area contributed by atoms with Gasteiger partial charge in [-0.3, -0.25) is 4.90 Å². The largest absolute Gasteiger partial charge is 0.354 e. The van der Waals surface area contributed by atoms with Crippen molar-refractivity contribution in [1.29, 1.82) is 0 Å². The molecule has 1 aliphatic heterocycles. The lowest BCUT2D eigenvalue weighted by atomic mass is 10.3. The second-order valence-corrected chi connectivity index (χ2v) is 3.40. The maximum atomic E-state index is 4.23. The van der Waals surface area contributed by atoms with Crippen molar-refractivity contribution >= 4 is 5.82 Å². The Labute approximate surface area is 84.6 Å². The van der Waals surface area contributed by atoms with E-state index >= 15 is 0 Å². The number of hydrogen-bond acceptors (Lipinski definition) is 4. The molecule has 4 heteroatoms. The quantitative estimate of drug-likeness (QED) is 0.678. The minimum absolute atomic E-state index is 0.900. The summed E-state index contributed by atoms with van der Waals surface area (Å²) >= 11 is 0.